The molecule has 2 aromatic heterocycles. The van der Waals surface area contributed by atoms with Crippen LogP contribution in [0.1, 0.15) is 0 Å². The summed E-state index contributed by atoms with van der Waals surface area (Å²) in [5.74, 6) is 0.465. The minimum absolute atomic E-state index is 0.141. The number of rotatable bonds is 7. The van der Waals surface area contributed by atoms with Crippen LogP contribution in [0.4, 0.5) is 11.8 Å². The fraction of sp³-hybridized carbons (Fsp3) is 0.545. The highest BCUT2D eigenvalue weighted by Gasteiger charge is 2.03. The second kappa shape index (κ2) is 9.83. The summed E-state index contributed by atoms with van der Waals surface area (Å²) in [5.41, 5.74) is 22.3. The molecule has 0 aliphatic rings. The molecule has 0 spiro atoms. The number of aromatic amines is 1. The maximum atomic E-state index is 5.50. The largest absolute Gasteiger partial charge is 0.382 e. The minimum atomic E-state index is 0.141. The molecule has 2 aromatic rings. The Bertz CT molecular complexity index is 510. The second-order valence-electron chi connectivity index (χ2n) is 3.87. The van der Waals surface area contributed by atoms with Gasteiger partial charge < -0.3 is 37.4 Å². The van der Waals surface area contributed by atoms with Crippen LogP contribution in [0.5, 0.6) is 0 Å². The standard InChI is InChI=1S/C6H16N2O2.C5H6N6/c7-1-3-9-5-6-10-4-2-8;6-3-2-4(9-1-8-2)11-5(7)10-3/h1-8H2;1H,(H5,6,7,8,9,10,11). The first kappa shape index (κ1) is 17.0. The molecule has 21 heavy (non-hydrogen) atoms. The number of aromatic nitrogens is 4. The van der Waals surface area contributed by atoms with Crippen LogP contribution in [0.2, 0.25) is 0 Å². The van der Waals surface area contributed by atoms with Gasteiger partial charge in [0.1, 0.15) is 5.52 Å². The Kier molecular flexibility index (Phi) is 7.97. The lowest BCUT2D eigenvalue weighted by Crippen LogP contribution is -2.14. The van der Waals surface area contributed by atoms with Crippen molar-refractivity contribution in [2.45, 2.75) is 0 Å². The Morgan fingerprint density at radius 2 is 1.57 bits per heavy atom. The third-order valence-electron chi connectivity index (χ3n) is 2.23. The van der Waals surface area contributed by atoms with E-state index in [1.165, 1.54) is 6.33 Å². The number of nitrogens with zero attached hydrogens (tertiary/aromatic N) is 3. The Morgan fingerprint density at radius 3 is 2.14 bits per heavy atom. The van der Waals surface area contributed by atoms with Crippen LogP contribution < -0.4 is 22.9 Å². The fourth-order valence-corrected chi connectivity index (χ4v) is 1.36. The van der Waals surface area contributed by atoms with Crippen molar-refractivity contribution >= 4 is 22.9 Å². The highest BCUT2D eigenvalue weighted by atomic mass is 16.5. The molecule has 0 saturated heterocycles. The molecule has 0 bridgehead atoms. The minimum Gasteiger partial charge on any atom is -0.382 e. The van der Waals surface area contributed by atoms with Crippen LogP contribution >= 0.6 is 0 Å². The number of anilines is 2. The molecule has 0 atom stereocenters. The van der Waals surface area contributed by atoms with E-state index < -0.39 is 0 Å². The number of imidazole rings is 1. The van der Waals surface area contributed by atoms with E-state index in [9.17, 15) is 0 Å². The van der Waals surface area contributed by atoms with Gasteiger partial charge in [-0.15, -0.1) is 0 Å². The Hall–Kier alpha value is -2.01. The fourth-order valence-electron chi connectivity index (χ4n) is 1.36. The molecule has 0 aromatic carbocycles. The number of fused-ring (bicyclic) bond motifs is 1. The molecule has 118 valence electrons. The molecule has 2 rings (SSSR count). The van der Waals surface area contributed by atoms with Crippen molar-refractivity contribution in [3.8, 4) is 0 Å². The summed E-state index contributed by atoms with van der Waals surface area (Å²) in [4.78, 5) is 14.3. The van der Waals surface area contributed by atoms with E-state index in [4.69, 9.17) is 32.4 Å². The third-order valence-corrected chi connectivity index (χ3v) is 2.23. The summed E-state index contributed by atoms with van der Waals surface area (Å²) in [5, 5.41) is 0. The smallest absolute Gasteiger partial charge is 0.224 e. The van der Waals surface area contributed by atoms with Crippen molar-refractivity contribution in [2.75, 3.05) is 51.0 Å². The Balaban J connectivity index is 0.000000212. The third kappa shape index (κ3) is 6.31. The van der Waals surface area contributed by atoms with Crippen LogP contribution in [0, 0.1) is 0 Å². The van der Waals surface area contributed by atoms with Crippen molar-refractivity contribution in [1.29, 1.82) is 0 Å². The first-order valence-corrected chi connectivity index (χ1v) is 6.46. The van der Waals surface area contributed by atoms with E-state index in [0.29, 0.717) is 56.5 Å². The molecular weight excluding hydrogens is 276 g/mol. The summed E-state index contributed by atoms with van der Waals surface area (Å²) in [6, 6.07) is 0. The zero-order valence-corrected chi connectivity index (χ0v) is 11.8. The van der Waals surface area contributed by atoms with Crippen LogP contribution in [-0.4, -0.2) is 59.5 Å². The van der Waals surface area contributed by atoms with E-state index in [-0.39, 0.29) is 5.95 Å². The van der Waals surface area contributed by atoms with Gasteiger partial charge in [-0.1, -0.05) is 0 Å². The number of hydrogen-bond acceptors (Lipinski definition) is 9. The first-order chi connectivity index (χ1) is 10.2. The van der Waals surface area contributed by atoms with Gasteiger partial charge in [-0.2, -0.15) is 9.97 Å². The average Bonchev–Trinajstić information content (AvgIpc) is 2.92. The van der Waals surface area contributed by atoms with E-state index in [1.807, 2.05) is 0 Å². The molecule has 10 nitrogen and oxygen atoms in total. The topological polar surface area (TPSA) is 177 Å². The van der Waals surface area contributed by atoms with Gasteiger partial charge in [-0.25, -0.2) is 4.98 Å². The first-order valence-electron chi connectivity index (χ1n) is 6.46. The summed E-state index contributed by atoms with van der Waals surface area (Å²) < 4.78 is 10.1. The lowest BCUT2D eigenvalue weighted by Gasteiger charge is -2.02. The number of hydrogen-bond donors (Lipinski definition) is 5. The Morgan fingerprint density at radius 1 is 0.952 bits per heavy atom. The molecule has 0 saturated carbocycles. The van der Waals surface area contributed by atoms with Gasteiger partial charge in [0, 0.05) is 13.1 Å². The van der Waals surface area contributed by atoms with E-state index >= 15 is 0 Å². The van der Waals surface area contributed by atoms with Crippen molar-refractivity contribution in [3.05, 3.63) is 6.33 Å². The monoisotopic (exact) mass is 298 g/mol. The van der Waals surface area contributed by atoms with Crippen LogP contribution in [0.15, 0.2) is 6.33 Å². The summed E-state index contributed by atoms with van der Waals surface area (Å²) in [7, 11) is 0. The quantitative estimate of drug-likeness (QED) is 0.378. The van der Waals surface area contributed by atoms with Gasteiger partial charge in [-0.05, 0) is 0 Å². The molecule has 10 heteroatoms. The van der Waals surface area contributed by atoms with Crippen molar-refractivity contribution in [3.63, 3.8) is 0 Å². The SMILES string of the molecule is NCCOCCOCCN.Nc1nc(N)c2[nH]cnc2n1. The van der Waals surface area contributed by atoms with Gasteiger partial charge >= 0.3 is 0 Å². The molecular formula is C11H22N8O2. The summed E-state index contributed by atoms with van der Waals surface area (Å²) in [6.45, 7) is 3.56. The normalized spacial score (nSPS) is 10.4. The highest BCUT2D eigenvalue weighted by molar-refractivity contribution is 5.81. The van der Waals surface area contributed by atoms with E-state index in [1.54, 1.807) is 0 Å². The average molecular weight is 298 g/mol. The number of nitrogen functional groups attached to an aromatic ring is 2. The van der Waals surface area contributed by atoms with Gasteiger partial charge in [0.2, 0.25) is 5.95 Å². The number of nitrogens with one attached hydrogen (secondary N) is 1. The number of H-pyrrole nitrogens is 1. The van der Waals surface area contributed by atoms with Crippen LogP contribution in [0.3, 0.4) is 0 Å². The van der Waals surface area contributed by atoms with Crippen molar-refractivity contribution in [2.24, 2.45) is 11.5 Å². The maximum absolute atomic E-state index is 5.50. The zero-order chi connectivity index (χ0) is 15.5. The van der Waals surface area contributed by atoms with Gasteiger partial charge in [0.15, 0.2) is 11.5 Å². The Labute approximate surface area is 122 Å². The van der Waals surface area contributed by atoms with Gasteiger partial charge in [0.05, 0.1) is 32.8 Å². The molecule has 0 aliphatic carbocycles. The van der Waals surface area contributed by atoms with Crippen molar-refractivity contribution in [1.82, 2.24) is 19.9 Å². The molecule has 2 heterocycles. The van der Waals surface area contributed by atoms with E-state index in [2.05, 4.69) is 19.9 Å². The van der Waals surface area contributed by atoms with Gasteiger partial charge in [0.25, 0.3) is 0 Å². The molecule has 9 N–H and O–H groups in total. The number of nitrogens with two attached hydrogens (primary N) is 4. The number of ether oxygens (including phenoxy) is 2. The molecule has 0 amide bonds. The van der Waals surface area contributed by atoms with E-state index in [0.717, 1.165) is 0 Å². The zero-order valence-electron chi connectivity index (χ0n) is 11.8. The molecule has 0 unspecified atom stereocenters. The van der Waals surface area contributed by atoms with Crippen LogP contribution in [0.25, 0.3) is 11.2 Å². The van der Waals surface area contributed by atoms with Crippen molar-refractivity contribution < 1.29 is 9.47 Å². The summed E-state index contributed by atoms with van der Waals surface area (Å²) in [6.07, 6.45) is 1.50. The maximum Gasteiger partial charge on any atom is 0.224 e. The van der Waals surface area contributed by atoms with Crippen LogP contribution in [-0.2, 0) is 9.47 Å². The summed E-state index contributed by atoms with van der Waals surface area (Å²) >= 11 is 0. The second-order valence-corrected chi connectivity index (χ2v) is 3.87. The lowest BCUT2D eigenvalue weighted by molar-refractivity contribution is 0.0538. The van der Waals surface area contributed by atoms with Gasteiger partial charge in [-0.3, -0.25) is 0 Å². The molecule has 0 fully saturated rings. The predicted molar refractivity (Wildman–Crippen MR) is 80.3 cm³/mol. The highest BCUT2D eigenvalue weighted by Crippen LogP contribution is 2.12. The molecule has 0 radical (unpaired) electrons. The predicted octanol–water partition coefficient (Wildman–Crippen LogP) is -1.55. The lowest BCUT2D eigenvalue weighted by atomic mass is 10.5. The molecule has 0 aliphatic heterocycles.